The van der Waals surface area contributed by atoms with Crippen molar-refractivity contribution < 1.29 is 19.8 Å². The smallest absolute Gasteiger partial charge is 0.325 e. The first-order valence-corrected chi connectivity index (χ1v) is 5.76. The highest BCUT2D eigenvalue weighted by molar-refractivity contribution is 5.77. The summed E-state index contributed by atoms with van der Waals surface area (Å²) in [6.45, 7) is 2.86. The molecule has 0 aromatic carbocycles. The SMILES string of the molecule is CNc1nc(NC(C)C(=O)O)nc(NC(C)C(=O)O)n1. The zero-order valence-corrected chi connectivity index (χ0v) is 11.2. The van der Waals surface area contributed by atoms with Gasteiger partial charge in [-0.2, -0.15) is 15.0 Å². The van der Waals surface area contributed by atoms with Gasteiger partial charge in [-0.25, -0.2) is 0 Å². The van der Waals surface area contributed by atoms with E-state index in [-0.39, 0.29) is 17.8 Å². The van der Waals surface area contributed by atoms with Crippen LogP contribution in [0.25, 0.3) is 0 Å². The Balaban J connectivity index is 2.96. The number of nitrogens with zero attached hydrogens (tertiary/aromatic N) is 3. The molecule has 10 heteroatoms. The van der Waals surface area contributed by atoms with Crippen molar-refractivity contribution in [1.82, 2.24) is 15.0 Å². The van der Waals surface area contributed by atoms with Crippen LogP contribution in [0.4, 0.5) is 17.8 Å². The second-order valence-corrected chi connectivity index (χ2v) is 3.96. The molecule has 0 aliphatic rings. The van der Waals surface area contributed by atoms with Crippen LogP contribution in [0, 0.1) is 0 Å². The van der Waals surface area contributed by atoms with Crippen molar-refractivity contribution in [3.63, 3.8) is 0 Å². The molecule has 1 heterocycles. The maximum Gasteiger partial charge on any atom is 0.325 e. The number of hydrogen-bond acceptors (Lipinski definition) is 8. The quantitative estimate of drug-likeness (QED) is 0.451. The van der Waals surface area contributed by atoms with Gasteiger partial charge in [-0.05, 0) is 13.8 Å². The number of aliphatic carboxylic acids is 2. The Hall–Kier alpha value is -2.65. The molecule has 2 unspecified atom stereocenters. The Kier molecular flexibility index (Phi) is 5.01. The zero-order chi connectivity index (χ0) is 15.3. The van der Waals surface area contributed by atoms with Crippen LogP contribution in [-0.4, -0.2) is 56.2 Å². The molecule has 0 fully saturated rings. The van der Waals surface area contributed by atoms with Gasteiger partial charge in [0.1, 0.15) is 12.1 Å². The highest BCUT2D eigenvalue weighted by Crippen LogP contribution is 2.10. The summed E-state index contributed by atoms with van der Waals surface area (Å²) in [4.78, 5) is 33.3. The molecule has 0 radical (unpaired) electrons. The summed E-state index contributed by atoms with van der Waals surface area (Å²) in [6.07, 6.45) is 0. The van der Waals surface area contributed by atoms with Crippen molar-refractivity contribution in [2.24, 2.45) is 0 Å². The van der Waals surface area contributed by atoms with Gasteiger partial charge < -0.3 is 26.2 Å². The third kappa shape index (κ3) is 4.23. The van der Waals surface area contributed by atoms with Crippen molar-refractivity contribution >= 4 is 29.8 Å². The lowest BCUT2D eigenvalue weighted by Gasteiger charge is -2.13. The van der Waals surface area contributed by atoms with E-state index in [4.69, 9.17) is 10.2 Å². The molecule has 0 aliphatic heterocycles. The van der Waals surface area contributed by atoms with Crippen LogP contribution < -0.4 is 16.0 Å². The molecule has 0 saturated carbocycles. The van der Waals surface area contributed by atoms with E-state index in [0.29, 0.717) is 0 Å². The molecule has 1 aromatic rings. The number of carboxylic acid groups (broad SMARTS) is 2. The number of nitrogens with one attached hydrogen (secondary N) is 3. The van der Waals surface area contributed by atoms with Crippen molar-refractivity contribution in [1.29, 1.82) is 0 Å². The lowest BCUT2D eigenvalue weighted by Crippen LogP contribution is -2.29. The van der Waals surface area contributed by atoms with E-state index in [9.17, 15) is 9.59 Å². The number of rotatable bonds is 7. The first kappa shape index (κ1) is 15.4. The summed E-state index contributed by atoms with van der Waals surface area (Å²) in [5, 5.41) is 25.4. The molecule has 20 heavy (non-hydrogen) atoms. The third-order valence-corrected chi connectivity index (χ3v) is 2.29. The number of anilines is 3. The fourth-order valence-electron chi connectivity index (χ4n) is 1.13. The van der Waals surface area contributed by atoms with Crippen molar-refractivity contribution in [2.75, 3.05) is 23.0 Å². The van der Waals surface area contributed by atoms with Crippen LogP contribution >= 0.6 is 0 Å². The van der Waals surface area contributed by atoms with Crippen molar-refractivity contribution in [2.45, 2.75) is 25.9 Å². The second kappa shape index (κ2) is 6.50. The maximum atomic E-state index is 10.8. The maximum absolute atomic E-state index is 10.8. The molecule has 0 aliphatic carbocycles. The molecule has 10 nitrogen and oxygen atoms in total. The Bertz CT molecular complexity index is 468. The number of carboxylic acids is 2. The number of hydrogen-bond donors (Lipinski definition) is 5. The fourth-order valence-corrected chi connectivity index (χ4v) is 1.13. The summed E-state index contributed by atoms with van der Waals surface area (Å²) in [7, 11) is 1.57. The van der Waals surface area contributed by atoms with E-state index in [1.165, 1.54) is 13.8 Å². The molecular weight excluding hydrogens is 268 g/mol. The van der Waals surface area contributed by atoms with Crippen LogP contribution in [0.1, 0.15) is 13.8 Å². The van der Waals surface area contributed by atoms with Gasteiger partial charge in [-0.1, -0.05) is 0 Å². The average molecular weight is 284 g/mol. The molecule has 0 spiro atoms. The minimum Gasteiger partial charge on any atom is -0.480 e. The van der Waals surface area contributed by atoms with Crippen molar-refractivity contribution in [3.05, 3.63) is 0 Å². The lowest BCUT2D eigenvalue weighted by molar-refractivity contribution is -0.138. The molecule has 2 atom stereocenters. The van der Waals surface area contributed by atoms with Gasteiger partial charge >= 0.3 is 11.9 Å². The summed E-state index contributed by atoms with van der Waals surface area (Å²) in [5.74, 6) is -1.89. The highest BCUT2D eigenvalue weighted by Gasteiger charge is 2.16. The summed E-state index contributed by atoms with van der Waals surface area (Å²) >= 11 is 0. The Morgan fingerprint density at radius 3 is 1.55 bits per heavy atom. The van der Waals surface area contributed by atoms with E-state index < -0.39 is 24.0 Å². The Morgan fingerprint density at radius 2 is 1.25 bits per heavy atom. The predicted octanol–water partition coefficient (Wildman–Crippen LogP) is -0.317. The van der Waals surface area contributed by atoms with E-state index in [0.717, 1.165) is 0 Å². The topological polar surface area (TPSA) is 149 Å². The largest absolute Gasteiger partial charge is 0.480 e. The van der Waals surface area contributed by atoms with Crippen LogP contribution in [0.2, 0.25) is 0 Å². The normalized spacial score (nSPS) is 13.2. The Morgan fingerprint density at radius 1 is 0.900 bits per heavy atom. The van der Waals surface area contributed by atoms with Gasteiger partial charge in [0, 0.05) is 7.05 Å². The first-order chi connectivity index (χ1) is 9.33. The van der Waals surface area contributed by atoms with Crippen LogP contribution in [0.15, 0.2) is 0 Å². The fraction of sp³-hybridized carbons (Fsp3) is 0.500. The molecule has 0 amide bonds. The van der Waals surface area contributed by atoms with Gasteiger partial charge in [0.2, 0.25) is 17.8 Å². The second-order valence-electron chi connectivity index (χ2n) is 3.96. The molecule has 0 bridgehead atoms. The summed E-state index contributed by atoms with van der Waals surface area (Å²) in [6, 6.07) is -1.79. The van der Waals surface area contributed by atoms with Crippen LogP contribution in [0.3, 0.4) is 0 Å². The van der Waals surface area contributed by atoms with Gasteiger partial charge in [-0.15, -0.1) is 0 Å². The van der Waals surface area contributed by atoms with Gasteiger partial charge in [0.25, 0.3) is 0 Å². The van der Waals surface area contributed by atoms with E-state index >= 15 is 0 Å². The summed E-state index contributed by atoms with van der Waals surface area (Å²) in [5.41, 5.74) is 0. The Labute approximate surface area is 114 Å². The third-order valence-electron chi connectivity index (χ3n) is 2.29. The molecule has 0 saturated heterocycles. The lowest BCUT2D eigenvalue weighted by atomic mass is 10.3. The first-order valence-electron chi connectivity index (χ1n) is 5.76. The minimum atomic E-state index is -1.06. The van der Waals surface area contributed by atoms with Gasteiger partial charge in [0.15, 0.2) is 0 Å². The minimum absolute atomic E-state index is 0.0272. The number of carbonyl (C=O) groups is 2. The predicted molar refractivity (Wildman–Crippen MR) is 70.8 cm³/mol. The number of aromatic nitrogens is 3. The highest BCUT2D eigenvalue weighted by atomic mass is 16.4. The summed E-state index contributed by atoms with van der Waals surface area (Å²) < 4.78 is 0. The zero-order valence-electron chi connectivity index (χ0n) is 11.2. The van der Waals surface area contributed by atoms with Crippen LogP contribution in [0.5, 0.6) is 0 Å². The standard InChI is InChI=1S/C10H16N6O4/c1-4(6(17)18)12-9-14-8(11-3)15-10(16-9)13-5(2)7(19)20/h4-5H,1-3H3,(H,17,18)(H,19,20)(H3,11,12,13,14,15,16). The van der Waals surface area contributed by atoms with E-state index in [1.54, 1.807) is 7.05 Å². The van der Waals surface area contributed by atoms with E-state index in [2.05, 4.69) is 30.9 Å². The molecule has 1 rings (SSSR count). The van der Waals surface area contributed by atoms with Crippen LogP contribution in [-0.2, 0) is 9.59 Å². The van der Waals surface area contributed by atoms with Crippen molar-refractivity contribution in [3.8, 4) is 0 Å². The monoisotopic (exact) mass is 284 g/mol. The van der Waals surface area contributed by atoms with E-state index in [1.807, 2.05) is 0 Å². The van der Waals surface area contributed by atoms with Gasteiger partial charge in [-0.3, -0.25) is 9.59 Å². The molecule has 110 valence electrons. The van der Waals surface area contributed by atoms with Gasteiger partial charge in [0.05, 0.1) is 0 Å². The molecule has 1 aromatic heterocycles. The molecular formula is C10H16N6O4. The average Bonchev–Trinajstić information content (AvgIpc) is 2.37. The molecule has 5 N–H and O–H groups in total.